The summed E-state index contributed by atoms with van der Waals surface area (Å²) in [5.41, 5.74) is 0. The molecule has 1 saturated heterocycles. The number of carbonyl (C=O) groups excluding carboxylic acids is 1. The quantitative estimate of drug-likeness (QED) is 0.840. The number of rotatable bonds is 3. The van der Waals surface area contributed by atoms with Crippen molar-refractivity contribution in [3.63, 3.8) is 0 Å². The third-order valence-corrected chi connectivity index (χ3v) is 3.91. The van der Waals surface area contributed by atoms with Crippen LogP contribution in [0.2, 0.25) is 0 Å². The molecule has 0 bridgehead atoms. The van der Waals surface area contributed by atoms with Gasteiger partial charge in [-0.2, -0.15) is 0 Å². The van der Waals surface area contributed by atoms with Crippen LogP contribution in [0.4, 0.5) is 4.79 Å². The molecular formula is C13H24N2O3. The lowest BCUT2D eigenvalue weighted by molar-refractivity contribution is -0.143. The molecule has 0 spiro atoms. The highest BCUT2D eigenvalue weighted by molar-refractivity contribution is 5.83. The van der Waals surface area contributed by atoms with Crippen molar-refractivity contribution >= 4 is 12.0 Å². The molecule has 1 fully saturated rings. The van der Waals surface area contributed by atoms with Crippen molar-refractivity contribution in [2.75, 3.05) is 13.6 Å². The van der Waals surface area contributed by atoms with E-state index >= 15 is 0 Å². The smallest absolute Gasteiger partial charge is 0.326 e. The van der Waals surface area contributed by atoms with Crippen molar-refractivity contribution in [2.45, 2.75) is 52.1 Å². The molecular weight excluding hydrogens is 232 g/mol. The maximum atomic E-state index is 12.3. The van der Waals surface area contributed by atoms with Crippen molar-refractivity contribution in [1.29, 1.82) is 0 Å². The van der Waals surface area contributed by atoms with Gasteiger partial charge in [0, 0.05) is 19.6 Å². The standard InChI is InChI=1S/C13H24N2O3/c1-9(2)10(3)14(4)13(18)15-8-6-5-7-11(15)12(16)17/h9-11H,5-8H2,1-4H3,(H,16,17). The van der Waals surface area contributed by atoms with Crippen LogP contribution in [0, 0.1) is 5.92 Å². The monoisotopic (exact) mass is 256 g/mol. The molecule has 1 aliphatic heterocycles. The SMILES string of the molecule is CC(C)C(C)N(C)C(=O)N1CCCCC1C(=O)O. The average Bonchev–Trinajstić information content (AvgIpc) is 2.35. The molecule has 0 aliphatic carbocycles. The molecule has 18 heavy (non-hydrogen) atoms. The molecule has 0 radical (unpaired) electrons. The summed E-state index contributed by atoms with van der Waals surface area (Å²) in [6.45, 7) is 6.64. The number of aliphatic carboxylic acids is 1. The van der Waals surface area contributed by atoms with Crippen molar-refractivity contribution in [2.24, 2.45) is 5.92 Å². The number of piperidine rings is 1. The van der Waals surface area contributed by atoms with Gasteiger partial charge in [0.25, 0.3) is 0 Å². The molecule has 5 nitrogen and oxygen atoms in total. The van der Waals surface area contributed by atoms with Gasteiger partial charge < -0.3 is 14.9 Å². The molecule has 0 saturated carbocycles. The number of likely N-dealkylation sites (tertiary alicyclic amines) is 1. The Balaban J connectivity index is 2.77. The number of carbonyl (C=O) groups is 2. The molecule has 104 valence electrons. The van der Waals surface area contributed by atoms with Crippen LogP contribution in [0.25, 0.3) is 0 Å². The maximum Gasteiger partial charge on any atom is 0.326 e. The van der Waals surface area contributed by atoms with E-state index in [1.807, 2.05) is 6.92 Å². The van der Waals surface area contributed by atoms with Crippen LogP contribution in [0.15, 0.2) is 0 Å². The van der Waals surface area contributed by atoms with E-state index in [1.54, 1.807) is 11.9 Å². The lowest BCUT2D eigenvalue weighted by Crippen LogP contribution is -2.54. The van der Waals surface area contributed by atoms with Gasteiger partial charge >= 0.3 is 12.0 Å². The first-order valence-corrected chi connectivity index (χ1v) is 6.62. The Bertz CT molecular complexity index is 317. The largest absolute Gasteiger partial charge is 0.480 e. The minimum atomic E-state index is -0.895. The normalized spacial score (nSPS) is 21.8. The second-order valence-corrected chi connectivity index (χ2v) is 5.42. The second-order valence-electron chi connectivity index (χ2n) is 5.42. The van der Waals surface area contributed by atoms with Crippen LogP contribution in [0.1, 0.15) is 40.0 Å². The van der Waals surface area contributed by atoms with Gasteiger partial charge in [0.1, 0.15) is 6.04 Å². The number of amides is 2. The average molecular weight is 256 g/mol. The maximum absolute atomic E-state index is 12.3. The molecule has 5 heteroatoms. The van der Waals surface area contributed by atoms with E-state index in [0.717, 1.165) is 12.8 Å². The summed E-state index contributed by atoms with van der Waals surface area (Å²) in [7, 11) is 1.75. The first-order valence-electron chi connectivity index (χ1n) is 6.62. The van der Waals surface area contributed by atoms with E-state index in [1.165, 1.54) is 4.90 Å². The zero-order chi connectivity index (χ0) is 13.9. The Morgan fingerprint density at radius 2 is 1.89 bits per heavy atom. The first-order chi connectivity index (χ1) is 8.36. The third-order valence-electron chi connectivity index (χ3n) is 3.91. The van der Waals surface area contributed by atoms with Crippen LogP contribution in [0.5, 0.6) is 0 Å². The van der Waals surface area contributed by atoms with Gasteiger partial charge in [-0.1, -0.05) is 13.8 Å². The fourth-order valence-electron chi connectivity index (χ4n) is 2.24. The lowest BCUT2D eigenvalue weighted by atomic mass is 10.0. The van der Waals surface area contributed by atoms with Gasteiger partial charge in [0.15, 0.2) is 0 Å². The van der Waals surface area contributed by atoms with Gasteiger partial charge in [-0.25, -0.2) is 9.59 Å². The number of urea groups is 1. The molecule has 0 aromatic heterocycles. The van der Waals surface area contributed by atoms with E-state index in [0.29, 0.717) is 18.9 Å². The summed E-state index contributed by atoms with van der Waals surface area (Å²) in [5.74, 6) is -0.541. The fraction of sp³-hybridized carbons (Fsp3) is 0.846. The Morgan fingerprint density at radius 1 is 1.28 bits per heavy atom. The topological polar surface area (TPSA) is 60.9 Å². The Labute approximate surface area is 109 Å². The minimum Gasteiger partial charge on any atom is -0.480 e. The Kier molecular flexibility index (Phi) is 4.99. The lowest BCUT2D eigenvalue weighted by Gasteiger charge is -2.38. The highest BCUT2D eigenvalue weighted by Crippen LogP contribution is 2.20. The van der Waals surface area contributed by atoms with Crippen molar-refractivity contribution in [3.8, 4) is 0 Å². The predicted molar refractivity (Wildman–Crippen MR) is 69.4 cm³/mol. The molecule has 1 heterocycles. The Hall–Kier alpha value is -1.26. The molecule has 1 aliphatic rings. The second kappa shape index (κ2) is 6.07. The molecule has 1 N–H and O–H groups in total. The van der Waals surface area contributed by atoms with E-state index in [2.05, 4.69) is 13.8 Å². The summed E-state index contributed by atoms with van der Waals surface area (Å²) in [6, 6.07) is -0.717. The van der Waals surface area contributed by atoms with Crippen LogP contribution >= 0.6 is 0 Å². The highest BCUT2D eigenvalue weighted by Gasteiger charge is 2.34. The predicted octanol–water partition coefficient (Wildman–Crippen LogP) is 2.02. The van der Waals surface area contributed by atoms with Gasteiger partial charge in [-0.15, -0.1) is 0 Å². The number of hydrogen-bond acceptors (Lipinski definition) is 2. The van der Waals surface area contributed by atoms with Gasteiger partial charge in [-0.3, -0.25) is 0 Å². The molecule has 0 aromatic carbocycles. The summed E-state index contributed by atoms with van der Waals surface area (Å²) in [5, 5.41) is 9.17. The molecule has 2 unspecified atom stereocenters. The fourth-order valence-corrected chi connectivity index (χ4v) is 2.24. The van der Waals surface area contributed by atoms with Gasteiger partial charge in [-0.05, 0) is 32.1 Å². The first kappa shape index (κ1) is 14.8. The summed E-state index contributed by atoms with van der Waals surface area (Å²) in [4.78, 5) is 26.7. The summed E-state index contributed by atoms with van der Waals surface area (Å²) >= 11 is 0. The van der Waals surface area contributed by atoms with Gasteiger partial charge in [0.2, 0.25) is 0 Å². The van der Waals surface area contributed by atoms with Gasteiger partial charge in [0.05, 0.1) is 0 Å². The molecule has 1 rings (SSSR count). The molecule has 2 atom stereocenters. The van der Waals surface area contributed by atoms with Crippen LogP contribution in [0.3, 0.4) is 0 Å². The van der Waals surface area contributed by atoms with Crippen molar-refractivity contribution < 1.29 is 14.7 Å². The Morgan fingerprint density at radius 3 is 2.39 bits per heavy atom. The minimum absolute atomic E-state index is 0.105. The zero-order valence-corrected chi connectivity index (χ0v) is 11.7. The molecule has 0 aromatic rings. The van der Waals surface area contributed by atoms with Crippen molar-refractivity contribution in [3.05, 3.63) is 0 Å². The highest BCUT2D eigenvalue weighted by atomic mass is 16.4. The van der Waals surface area contributed by atoms with Crippen LogP contribution < -0.4 is 0 Å². The summed E-state index contributed by atoms with van der Waals surface area (Å²) < 4.78 is 0. The van der Waals surface area contributed by atoms with E-state index in [-0.39, 0.29) is 12.1 Å². The molecule has 2 amide bonds. The number of nitrogens with zero attached hydrogens (tertiary/aromatic N) is 2. The third kappa shape index (κ3) is 3.15. The van der Waals surface area contributed by atoms with E-state index in [9.17, 15) is 14.7 Å². The van der Waals surface area contributed by atoms with Crippen LogP contribution in [-0.4, -0.2) is 52.6 Å². The van der Waals surface area contributed by atoms with Crippen molar-refractivity contribution in [1.82, 2.24) is 9.80 Å². The zero-order valence-electron chi connectivity index (χ0n) is 11.7. The van der Waals surface area contributed by atoms with Crippen LogP contribution in [-0.2, 0) is 4.79 Å². The number of hydrogen-bond donors (Lipinski definition) is 1. The van der Waals surface area contributed by atoms with E-state index < -0.39 is 12.0 Å². The number of carboxylic acid groups (broad SMARTS) is 1. The summed E-state index contributed by atoms with van der Waals surface area (Å²) in [6.07, 6.45) is 2.33. The number of carboxylic acids is 1. The van der Waals surface area contributed by atoms with E-state index in [4.69, 9.17) is 0 Å².